The SMILES string of the molecule is N#CCCN1CCC(C(=O)Nc2ccc(Oc3ccccc3)cc2)CC1. The van der Waals surface area contributed by atoms with E-state index in [1.807, 2.05) is 54.6 Å². The van der Waals surface area contributed by atoms with Crippen molar-refractivity contribution in [1.29, 1.82) is 5.26 Å². The second-order valence-electron chi connectivity index (χ2n) is 6.45. The normalized spacial score (nSPS) is 15.2. The van der Waals surface area contributed by atoms with Crippen LogP contribution in [-0.4, -0.2) is 30.4 Å². The molecule has 1 aliphatic heterocycles. The Morgan fingerprint density at radius 2 is 1.73 bits per heavy atom. The zero-order chi connectivity index (χ0) is 18.2. The van der Waals surface area contributed by atoms with Gasteiger partial charge in [-0.25, -0.2) is 0 Å². The molecule has 1 fully saturated rings. The Balaban J connectivity index is 1.48. The van der Waals surface area contributed by atoms with Crippen molar-refractivity contribution in [3.05, 3.63) is 54.6 Å². The average molecular weight is 349 g/mol. The smallest absolute Gasteiger partial charge is 0.227 e. The highest BCUT2D eigenvalue weighted by atomic mass is 16.5. The topological polar surface area (TPSA) is 65.4 Å². The number of nitrogens with zero attached hydrogens (tertiary/aromatic N) is 2. The van der Waals surface area contributed by atoms with Crippen molar-refractivity contribution in [2.45, 2.75) is 19.3 Å². The first kappa shape index (κ1) is 18.0. The molecule has 0 aromatic heterocycles. The van der Waals surface area contributed by atoms with Crippen LogP contribution in [0.1, 0.15) is 19.3 Å². The molecule has 1 heterocycles. The Labute approximate surface area is 154 Å². The highest BCUT2D eigenvalue weighted by Gasteiger charge is 2.24. The van der Waals surface area contributed by atoms with Gasteiger partial charge in [0.05, 0.1) is 6.07 Å². The molecule has 2 aromatic rings. The quantitative estimate of drug-likeness (QED) is 0.855. The van der Waals surface area contributed by atoms with Crippen LogP contribution in [0, 0.1) is 17.2 Å². The third-order valence-electron chi connectivity index (χ3n) is 4.60. The monoisotopic (exact) mass is 349 g/mol. The van der Waals surface area contributed by atoms with E-state index in [9.17, 15) is 4.79 Å². The number of ether oxygens (including phenoxy) is 1. The Morgan fingerprint density at radius 1 is 1.08 bits per heavy atom. The van der Waals surface area contributed by atoms with E-state index in [2.05, 4.69) is 16.3 Å². The van der Waals surface area contributed by atoms with Crippen LogP contribution >= 0.6 is 0 Å². The zero-order valence-corrected chi connectivity index (χ0v) is 14.7. The average Bonchev–Trinajstić information content (AvgIpc) is 2.69. The number of anilines is 1. The summed E-state index contributed by atoms with van der Waals surface area (Å²) in [6, 6.07) is 19.2. The molecule has 2 aromatic carbocycles. The summed E-state index contributed by atoms with van der Waals surface area (Å²) < 4.78 is 5.76. The van der Waals surface area contributed by atoms with Gasteiger partial charge in [-0.05, 0) is 62.3 Å². The van der Waals surface area contributed by atoms with Gasteiger partial charge in [0.25, 0.3) is 0 Å². The van der Waals surface area contributed by atoms with Crippen LogP contribution in [0.2, 0.25) is 0 Å². The molecular formula is C21H23N3O2. The number of hydrogen-bond donors (Lipinski definition) is 1. The van der Waals surface area contributed by atoms with E-state index in [0.29, 0.717) is 6.42 Å². The Hall–Kier alpha value is -2.84. The van der Waals surface area contributed by atoms with E-state index in [1.165, 1.54) is 0 Å². The van der Waals surface area contributed by atoms with Gasteiger partial charge in [0.2, 0.25) is 5.91 Å². The molecule has 0 atom stereocenters. The maximum atomic E-state index is 12.5. The number of rotatable bonds is 6. The molecule has 1 saturated heterocycles. The van der Waals surface area contributed by atoms with Crippen molar-refractivity contribution in [2.24, 2.45) is 5.92 Å². The highest BCUT2D eigenvalue weighted by Crippen LogP contribution is 2.24. The molecule has 0 aliphatic carbocycles. The summed E-state index contributed by atoms with van der Waals surface area (Å²) in [5.41, 5.74) is 0.780. The van der Waals surface area contributed by atoms with E-state index in [4.69, 9.17) is 10.00 Å². The predicted molar refractivity (Wildman–Crippen MR) is 101 cm³/mol. The van der Waals surface area contributed by atoms with E-state index in [-0.39, 0.29) is 11.8 Å². The summed E-state index contributed by atoms with van der Waals surface area (Å²) in [4.78, 5) is 14.7. The van der Waals surface area contributed by atoms with Crippen LogP contribution in [-0.2, 0) is 4.79 Å². The molecule has 0 saturated carbocycles. The molecule has 1 amide bonds. The maximum Gasteiger partial charge on any atom is 0.227 e. The lowest BCUT2D eigenvalue weighted by Crippen LogP contribution is -2.38. The maximum absolute atomic E-state index is 12.5. The van der Waals surface area contributed by atoms with Gasteiger partial charge in [-0.15, -0.1) is 0 Å². The number of amides is 1. The highest BCUT2D eigenvalue weighted by molar-refractivity contribution is 5.92. The number of carbonyl (C=O) groups excluding carboxylic acids is 1. The molecule has 26 heavy (non-hydrogen) atoms. The third-order valence-corrected chi connectivity index (χ3v) is 4.60. The lowest BCUT2D eigenvalue weighted by Gasteiger charge is -2.30. The van der Waals surface area contributed by atoms with Crippen LogP contribution in [0.4, 0.5) is 5.69 Å². The molecule has 0 bridgehead atoms. The van der Waals surface area contributed by atoms with Crippen LogP contribution in [0.15, 0.2) is 54.6 Å². The first-order chi connectivity index (χ1) is 12.7. The van der Waals surface area contributed by atoms with Gasteiger partial charge in [-0.3, -0.25) is 4.79 Å². The van der Waals surface area contributed by atoms with Gasteiger partial charge in [0.15, 0.2) is 0 Å². The van der Waals surface area contributed by atoms with Gasteiger partial charge in [0, 0.05) is 24.6 Å². The minimum absolute atomic E-state index is 0.0357. The van der Waals surface area contributed by atoms with E-state index >= 15 is 0 Å². The number of hydrogen-bond acceptors (Lipinski definition) is 4. The second-order valence-corrected chi connectivity index (χ2v) is 6.45. The van der Waals surface area contributed by atoms with Crippen molar-refractivity contribution in [1.82, 2.24) is 4.90 Å². The molecule has 0 unspecified atom stereocenters. The third kappa shape index (κ3) is 5.08. The second kappa shape index (κ2) is 9.02. The molecule has 1 aliphatic rings. The van der Waals surface area contributed by atoms with Crippen molar-refractivity contribution in [3.63, 3.8) is 0 Å². The summed E-state index contributed by atoms with van der Waals surface area (Å²) in [6.45, 7) is 2.56. The molecule has 3 rings (SSSR count). The molecule has 5 heteroatoms. The Kier molecular flexibility index (Phi) is 6.24. The van der Waals surface area contributed by atoms with Crippen LogP contribution in [0.25, 0.3) is 0 Å². The number of nitrogens with one attached hydrogen (secondary N) is 1. The summed E-state index contributed by atoms with van der Waals surface area (Å²) in [7, 11) is 0. The van der Waals surface area contributed by atoms with Gasteiger partial charge >= 0.3 is 0 Å². The molecule has 1 N–H and O–H groups in total. The Morgan fingerprint density at radius 3 is 2.38 bits per heavy atom. The van der Waals surface area contributed by atoms with Gasteiger partial charge in [0.1, 0.15) is 11.5 Å². The van der Waals surface area contributed by atoms with Gasteiger partial charge in [-0.2, -0.15) is 5.26 Å². The molecular weight excluding hydrogens is 326 g/mol. The minimum atomic E-state index is 0.0357. The van der Waals surface area contributed by atoms with E-state index in [0.717, 1.165) is 49.7 Å². The van der Waals surface area contributed by atoms with Crippen LogP contribution < -0.4 is 10.1 Å². The number of nitriles is 1. The molecule has 5 nitrogen and oxygen atoms in total. The zero-order valence-electron chi connectivity index (χ0n) is 14.7. The summed E-state index contributed by atoms with van der Waals surface area (Å²) in [5, 5.41) is 11.6. The van der Waals surface area contributed by atoms with Crippen molar-refractivity contribution < 1.29 is 9.53 Å². The lowest BCUT2D eigenvalue weighted by molar-refractivity contribution is -0.121. The largest absolute Gasteiger partial charge is 0.457 e. The molecule has 0 spiro atoms. The fourth-order valence-electron chi connectivity index (χ4n) is 3.10. The number of likely N-dealkylation sites (tertiary alicyclic amines) is 1. The van der Waals surface area contributed by atoms with Crippen molar-refractivity contribution in [3.8, 4) is 17.6 Å². The van der Waals surface area contributed by atoms with Crippen LogP contribution in [0.5, 0.6) is 11.5 Å². The fourth-order valence-corrected chi connectivity index (χ4v) is 3.10. The standard InChI is InChI=1S/C21H23N3O2/c22-13-4-14-24-15-11-17(12-16-24)21(25)23-18-7-9-20(10-8-18)26-19-5-2-1-3-6-19/h1-3,5-10,17H,4,11-12,14-16H2,(H,23,25). The molecule has 134 valence electrons. The minimum Gasteiger partial charge on any atom is -0.457 e. The number of benzene rings is 2. The number of carbonyl (C=O) groups is 1. The molecule has 0 radical (unpaired) electrons. The number of para-hydroxylation sites is 1. The Bertz CT molecular complexity index is 745. The van der Waals surface area contributed by atoms with Crippen LogP contribution in [0.3, 0.4) is 0 Å². The van der Waals surface area contributed by atoms with Gasteiger partial charge < -0.3 is 15.0 Å². The van der Waals surface area contributed by atoms with Gasteiger partial charge in [-0.1, -0.05) is 18.2 Å². The van der Waals surface area contributed by atoms with E-state index < -0.39 is 0 Å². The van der Waals surface area contributed by atoms with Crippen molar-refractivity contribution in [2.75, 3.05) is 25.0 Å². The summed E-state index contributed by atoms with van der Waals surface area (Å²) >= 11 is 0. The van der Waals surface area contributed by atoms with E-state index in [1.54, 1.807) is 0 Å². The summed E-state index contributed by atoms with van der Waals surface area (Å²) in [6.07, 6.45) is 2.23. The first-order valence-electron chi connectivity index (χ1n) is 8.98. The summed E-state index contributed by atoms with van der Waals surface area (Å²) in [5.74, 6) is 1.63. The predicted octanol–water partition coefficient (Wildman–Crippen LogP) is 4.04. The first-order valence-corrected chi connectivity index (χ1v) is 8.98. The fraction of sp³-hybridized carbons (Fsp3) is 0.333. The lowest BCUT2D eigenvalue weighted by atomic mass is 9.95. The number of piperidine rings is 1. The van der Waals surface area contributed by atoms with Crippen molar-refractivity contribution >= 4 is 11.6 Å².